The average Bonchev–Trinajstić information content (AvgIpc) is 2.96. The maximum absolute atomic E-state index is 12.1. The number of rotatable bonds is 5. The minimum Gasteiger partial charge on any atom is -0.493 e. The van der Waals surface area contributed by atoms with Gasteiger partial charge in [-0.05, 0) is 31.0 Å². The molecule has 1 aromatic rings. The van der Waals surface area contributed by atoms with E-state index in [0.717, 1.165) is 11.3 Å². The highest BCUT2D eigenvalue weighted by atomic mass is 16.5. The van der Waals surface area contributed by atoms with Crippen molar-refractivity contribution in [1.82, 2.24) is 4.90 Å². The Bertz CT molecular complexity index is 515. The highest BCUT2D eigenvalue weighted by Gasteiger charge is 2.31. The first-order valence-corrected chi connectivity index (χ1v) is 7.15. The van der Waals surface area contributed by atoms with Crippen LogP contribution in [0.3, 0.4) is 0 Å². The SMILES string of the molecule is COC(=O)C1CCN(C(=O)CCOc2cccc(C)c2)C1. The Balaban J connectivity index is 1.74. The van der Waals surface area contributed by atoms with E-state index in [-0.39, 0.29) is 17.8 Å². The molecule has 0 saturated carbocycles. The van der Waals surface area contributed by atoms with Gasteiger partial charge in [0.25, 0.3) is 0 Å². The van der Waals surface area contributed by atoms with Crippen LogP contribution in [0.4, 0.5) is 0 Å². The van der Waals surface area contributed by atoms with Crippen molar-refractivity contribution in [1.29, 1.82) is 0 Å². The van der Waals surface area contributed by atoms with Crippen LogP contribution in [0.5, 0.6) is 5.75 Å². The molecule has 1 fully saturated rings. The third kappa shape index (κ3) is 4.21. The lowest BCUT2D eigenvalue weighted by Crippen LogP contribution is -2.31. The number of methoxy groups -OCH3 is 1. The summed E-state index contributed by atoms with van der Waals surface area (Å²) >= 11 is 0. The molecule has 1 atom stereocenters. The molecule has 1 amide bonds. The molecule has 1 aromatic carbocycles. The largest absolute Gasteiger partial charge is 0.493 e. The van der Waals surface area contributed by atoms with Crippen molar-refractivity contribution in [3.05, 3.63) is 29.8 Å². The Morgan fingerprint density at radius 3 is 2.90 bits per heavy atom. The average molecular weight is 291 g/mol. The molecule has 5 heteroatoms. The third-order valence-corrected chi connectivity index (χ3v) is 3.65. The van der Waals surface area contributed by atoms with Crippen LogP contribution in [0.1, 0.15) is 18.4 Å². The van der Waals surface area contributed by atoms with Crippen LogP contribution < -0.4 is 4.74 Å². The molecule has 0 radical (unpaired) electrons. The molecule has 1 aliphatic rings. The number of likely N-dealkylation sites (tertiary alicyclic amines) is 1. The molecule has 21 heavy (non-hydrogen) atoms. The summed E-state index contributed by atoms with van der Waals surface area (Å²) < 4.78 is 10.3. The van der Waals surface area contributed by atoms with Crippen molar-refractivity contribution in [3.63, 3.8) is 0 Å². The van der Waals surface area contributed by atoms with E-state index in [2.05, 4.69) is 0 Å². The minimum atomic E-state index is -0.235. The van der Waals surface area contributed by atoms with Gasteiger partial charge in [-0.1, -0.05) is 12.1 Å². The van der Waals surface area contributed by atoms with Gasteiger partial charge < -0.3 is 14.4 Å². The second-order valence-electron chi connectivity index (χ2n) is 5.26. The van der Waals surface area contributed by atoms with Gasteiger partial charge in [0.2, 0.25) is 5.91 Å². The van der Waals surface area contributed by atoms with Crippen LogP contribution in [0.25, 0.3) is 0 Å². The smallest absolute Gasteiger partial charge is 0.310 e. The van der Waals surface area contributed by atoms with Crippen LogP contribution in [-0.4, -0.2) is 43.6 Å². The minimum absolute atomic E-state index is 0.0223. The van der Waals surface area contributed by atoms with Crippen molar-refractivity contribution in [2.75, 3.05) is 26.8 Å². The molecular formula is C16H21NO4. The van der Waals surface area contributed by atoms with Crippen LogP contribution in [-0.2, 0) is 14.3 Å². The summed E-state index contributed by atoms with van der Waals surface area (Å²) in [7, 11) is 1.38. The van der Waals surface area contributed by atoms with Gasteiger partial charge in [0.1, 0.15) is 5.75 Å². The van der Waals surface area contributed by atoms with E-state index in [1.165, 1.54) is 7.11 Å². The first kappa shape index (κ1) is 15.4. The van der Waals surface area contributed by atoms with Crippen molar-refractivity contribution in [2.45, 2.75) is 19.8 Å². The van der Waals surface area contributed by atoms with Crippen molar-refractivity contribution >= 4 is 11.9 Å². The van der Waals surface area contributed by atoms with Crippen LogP contribution in [0.15, 0.2) is 24.3 Å². The van der Waals surface area contributed by atoms with Gasteiger partial charge in [-0.2, -0.15) is 0 Å². The van der Waals surface area contributed by atoms with Gasteiger partial charge in [0.15, 0.2) is 0 Å². The maximum Gasteiger partial charge on any atom is 0.310 e. The molecule has 0 N–H and O–H groups in total. The number of hydrogen-bond donors (Lipinski definition) is 0. The fourth-order valence-corrected chi connectivity index (χ4v) is 2.47. The standard InChI is InChI=1S/C16H21NO4/c1-12-4-3-5-14(10-12)21-9-7-15(18)17-8-6-13(11-17)16(19)20-2/h3-5,10,13H,6-9,11H2,1-2H3. The van der Waals surface area contributed by atoms with Gasteiger partial charge in [0.05, 0.1) is 26.1 Å². The molecule has 2 rings (SSSR count). The van der Waals surface area contributed by atoms with E-state index in [4.69, 9.17) is 9.47 Å². The number of ether oxygens (including phenoxy) is 2. The molecular weight excluding hydrogens is 270 g/mol. The number of carbonyl (C=O) groups excluding carboxylic acids is 2. The summed E-state index contributed by atoms with van der Waals surface area (Å²) in [6.45, 7) is 3.41. The van der Waals surface area contributed by atoms with Gasteiger partial charge >= 0.3 is 5.97 Å². The first-order chi connectivity index (χ1) is 10.1. The highest BCUT2D eigenvalue weighted by molar-refractivity contribution is 5.79. The van der Waals surface area contributed by atoms with Gasteiger partial charge in [0, 0.05) is 13.1 Å². The Kier molecular flexibility index (Phi) is 5.20. The fourth-order valence-electron chi connectivity index (χ4n) is 2.47. The molecule has 1 aliphatic heterocycles. The summed E-state index contributed by atoms with van der Waals surface area (Å²) in [5, 5.41) is 0. The van der Waals surface area contributed by atoms with Gasteiger partial charge in [-0.25, -0.2) is 0 Å². The summed E-state index contributed by atoms with van der Waals surface area (Å²) in [5.74, 6) is 0.378. The highest BCUT2D eigenvalue weighted by Crippen LogP contribution is 2.18. The van der Waals surface area contributed by atoms with E-state index in [0.29, 0.717) is 32.5 Å². The first-order valence-electron chi connectivity index (χ1n) is 7.15. The Labute approximate surface area is 124 Å². The summed E-state index contributed by atoms with van der Waals surface area (Å²) in [6, 6.07) is 7.73. The summed E-state index contributed by atoms with van der Waals surface area (Å²) in [6.07, 6.45) is 0.999. The van der Waals surface area contributed by atoms with E-state index in [1.807, 2.05) is 31.2 Å². The Hall–Kier alpha value is -2.04. The van der Waals surface area contributed by atoms with E-state index in [1.54, 1.807) is 4.90 Å². The van der Waals surface area contributed by atoms with E-state index in [9.17, 15) is 9.59 Å². The number of benzene rings is 1. The van der Waals surface area contributed by atoms with E-state index >= 15 is 0 Å². The zero-order chi connectivity index (χ0) is 15.2. The predicted molar refractivity (Wildman–Crippen MR) is 78.0 cm³/mol. The Morgan fingerprint density at radius 2 is 2.19 bits per heavy atom. The van der Waals surface area contributed by atoms with Crippen molar-refractivity contribution in [3.8, 4) is 5.75 Å². The molecule has 1 saturated heterocycles. The number of amides is 1. The lowest BCUT2D eigenvalue weighted by molar-refractivity contribution is -0.145. The second kappa shape index (κ2) is 7.11. The van der Waals surface area contributed by atoms with Crippen LogP contribution >= 0.6 is 0 Å². The van der Waals surface area contributed by atoms with Crippen molar-refractivity contribution in [2.24, 2.45) is 5.92 Å². The number of hydrogen-bond acceptors (Lipinski definition) is 4. The monoisotopic (exact) mass is 291 g/mol. The zero-order valence-corrected chi connectivity index (χ0v) is 12.5. The van der Waals surface area contributed by atoms with Crippen molar-refractivity contribution < 1.29 is 19.1 Å². The molecule has 5 nitrogen and oxygen atoms in total. The Morgan fingerprint density at radius 1 is 1.38 bits per heavy atom. The molecule has 114 valence electrons. The molecule has 0 aromatic heterocycles. The quantitative estimate of drug-likeness (QED) is 0.776. The van der Waals surface area contributed by atoms with Crippen LogP contribution in [0, 0.1) is 12.8 Å². The molecule has 0 spiro atoms. The lowest BCUT2D eigenvalue weighted by atomic mass is 10.1. The lowest BCUT2D eigenvalue weighted by Gasteiger charge is -2.16. The molecule has 0 bridgehead atoms. The zero-order valence-electron chi connectivity index (χ0n) is 12.5. The van der Waals surface area contributed by atoms with Crippen LogP contribution in [0.2, 0.25) is 0 Å². The van der Waals surface area contributed by atoms with E-state index < -0.39 is 0 Å². The molecule has 1 heterocycles. The number of carbonyl (C=O) groups is 2. The molecule has 0 aliphatic carbocycles. The third-order valence-electron chi connectivity index (χ3n) is 3.65. The maximum atomic E-state index is 12.1. The number of aryl methyl sites for hydroxylation is 1. The predicted octanol–water partition coefficient (Wildman–Crippen LogP) is 1.79. The second-order valence-corrected chi connectivity index (χ2v) is 5.26. The summed E-state index contributed by atoms with van der Waals surface area (Å²) in [5.41, 5.74) is 1.12. The topological polar surface area (TPSA) is 55.8 Å². The summed E-state index contributed by atoms with van der Waals surface area (Å²) in [4.78, 5) is 25.2. The van der Waals surface area contributed by atoms with Gasteiger partial charge in [-0.15, -0.1) is 0 Å². The van der Waals surface area contributed by atoms with Gasteiger partial charge in [-0.3, -0.25) is 9.59 Å². The molecule has 1 unspecified atom stereocenters. The number of esters is 1. The normalized spacial score (nSPS) is 17.6. The number of nitrogens with zero attached hydrogens (tertiary/aromatic N) is 1. The fraction of sp³-hybridized carbons (Fsp3) is 0.500.